The van der Waals surface area contributed by atoms with Gasteiger partial charge in [-0.1, -0.05) is 12.1 Å². The maximum absolute atomic E-state index is 3.72. The standard InChI is InChI=1S/C4H4N.Pr/c1-2-4-5-3-1;/h1-4H;/q-1;. The molecule has 6 heavy (non-hydrogen) atoms. The van der Waals surface area contributed by atoms with Crippen LogP contribution in [-0.2, 0) is 0 Å². The van der Waals surface area contributed by atoms with E-state index in [9.17, 15) is 0 Å². The molecule has 1 radical (unpaired) electrons. The van der Waals surface area contributed by atoms with E-state index in [2.05, 4.69) is 4.98 Å². The molecule has 0 aliphatic carbocycles. The minimum atomic E-state index is 0. The largest absolute Gasteiger partial charge is 0.670 e. The average molecular weight is 207 g/mol. The monoisotopic (exact) mass is 207 g/mol. The van der Waals surface area contributed by atoms with Crippen molar-refractivity contribution in [3.05, 3.63) is 24.5 Å². The van der Waals surface area contributed by atoms with Crippen molar-refractivity contribution in [1.29, 1.82) is 0 Å². The van der Waals surface area contributed by atoms with Gasteiger partial charge in [0.25, 0.3) is 0 Å². The number of nitrogens with zero attached hydrogens (tertiary/aromatic N) is 1. The van der Waals surface area contributed by atoms with Crippen molar-refractivity contribution in [2.75, 3.05) is 0 Å². The second kappa shape index (κ2) is 3.82. The fourth-order valence-electron chi connectivity index (χ4n) is 0.248. The molecule has 0 aliphatic rings. The van der Waals surface area contributed by atoms with E-state index < -0.39 is 0 Å². The first kappa shape index (κ1) is 6.64. The Morgan fingerprint density at radius 3 is 1.67 bits per heavy atom. The Labute approximate surface area is 70.1 Å². The summed E-state index contributed by atoms with van der Waals surface area (Å²) < 4.78 is 0. The number of hydrogen-bond donors (Lipinski definition) is 0. The van der Waals surface area contributed by atoms with Crippen LogP contribution in [-0.4, -0.2) is 0 Å². The molecule has 0 fully saturated rings. The van der Waals surface area contributed by atoms with Gasteiger partial charge in [0, 0.05) is 41.3 Å². The number of aromatic nitrogens is 1. The van der Waals surface area contributed by atoms with Gasteiger partial charge in [-0.3, -0.25) is 0 Å². The van der Waals surface area contributed by atoms with E-state index in [1.54, 1.807) is 12.4 Å². The molecule has 1 rings (SSSR count). The van der Waals surface area contributed by atoms with Crippen LogP contribution in [0.1, 0.15) is 0 Å². The Bertz CT molecular complexity index is 64.0. The van der Waals surface area contributed by atoms with E-state index in [4.69, 9.17) is 0 Å². The fraction of sp³-hybridized carbons (Fsp3) is 0. The summed E-state index contributed by atoms with van der Waals surface area (Å²) in [5.74, 6) is 0. The van der Waals surface area contributed by atoms with Gasteiger partial charge in [0.2, 0.25) is 0 Å². The van der Waals surface area contributed by atoms with Gasteiger partial charge in [0.1, 0.15) is 0 Å². The predicted octanol–water partition coefficient (Wildman–Crippen LogP) is 0.644. The maximum atomic E-state index is 3.72. The van der Waals surface area contributed by atoms with Crippen LogP contribution >= 0.6 is 0 Å². The van der Waals surface area contributed by atoms with Crippen LogP contribution in [0.5, 0.6) is 0 Å². The van der Waals surface area contributed by atoms with Crippen LogP contribution in [0.4, 0.5) is 0 Å². The first-order valence-electron chi connectivity index (χ1n) is 1.52. The molecule has 2 heteroatoms. The van der Waals surface area contributed by atoms with Gasteiger partial charge in [0.15, 0.2) is 0 Å². The molecular formula is C4H4NPr-. The van der Waals surface area contributed by atoms with Gasteiger partial charge in [-0.15, -0.1) is 0 Å². The molecule has 0 amide bonds. The van der Waals surface area contributed by atoms with Gasteiger partial charge < -0.3 is 4.98 Å². The zero-order chi connectivity index (χ0) is 3.54. The molecule has 0 aromatic carbocycles. The molecule has 0 atom stereocenters. The van der Waals surface area contributed by atoms with Gasteiger partial charge >= 0.3 is 0 Å². The van der Waals surface area contributed by atoms with Crippen molar-refractivity contribution in [3.8, 4) is 0 Å². The van der Waals surface area contributed by atoms with E-state index in [1.165, 1.54) is 0 Å². The van der Waals surface area contributed by atoms with Crippen LogP contribution < -0.4 is 4.98 Å². The molecule has 1 aromatic rings. The number of rotatable bonds is 0. The Hall–Kier alpha value is 0.644. The molecule has 1 aromatic heterocycles. The summed E-state index contributed by atoms with van der Waals surface area (Å²) in [5.41, 5.74) is 0. The first-order chi connectivity index (χ1) is 2.50. The minimum absolute atomic E-state index is 0. The van der Waals surface area contributed by atoms with Crippen molar-refractivity contribution in [2.24, 2.45) is 0 Å². The van der Waals surface area contributed by atoms with Crippen LogP contribution in [0.2, 0.25) is 0 Å². The molecule has 0 aliphatic heterocycles. The molecule has 29 valence electrons. The van der Waals surface area contributed by atoms with Gasteiger partial charge in [0.05, 0.1) is 0 Å². The first-order valence-corrected chi connectivity index (χ1v) is 1.52. The second-order valence-corrected chi connectivity index (χ2v) is 0.832. The zero-order valence-electron chi connectivity index (χ0n) is 3.33. The molecule has 0 unspecified atom stereocenters. The maximum Gasteiger partial charge on any atom is 0 e. The molecule has 1 nitrogen and oxygen atoms in total. The van der Waals surface area contributed by atoms with Crippen LogP contribution in [0.15, 0.2) is 24.5 Å². The van der Waals surface area contributed by atoms with Gasteiger partial charge in [-0.2, -0.15) is 12.4 Å². The Balaban J connectivity index is 0.000000250. The second-order valence-electron chi connectivity index (χ2n) is 0.832. The summed E-state index contributed by atoms with van der Waals surface area (Å²) in [6.07, 6.45) is 3.50. The van der Waals surface area contributed by atoms with E-state index in [0.717, 1.165) is 0 Å². The number of hydrogen-bond acceptors (Lipinski definition) is 0. The summed E-state index contributed by atoms with van der Waals surface area (Å²) in [6, 6.07) is 3.78. The van der Waals surface area contributed by atoms with E-state index in [-0.39, 0.29) is 41.3 Å². The van der Waals surface area contributed by atoms with Crippen LogP contribution in [0.25, 0.3) is 0 Å². The summed E-state index contributed by atoms with van der Waals surface area (Å²) in [6.45, 7) is 0. The summed E-state index contributed by atoms with van der Waals surface area (Å²) in [4.78, 5) is 3.72. The topological polar surface area (TPSA) is 14.1 Å². The predicted molar refractivity (Wildman–Crippen MR) is 19.8 cm³/mol. The SMILES string of the molecule is [Pr].c1cc[n-]c1. The van der Waals surface area contributed by atoms with Crippen molar-refractivity contribution in [2.45, 2.75) is 0 Å². The third-order valence-electron chi connectivity index (χ3n) is 0.455. The average Bonchev–Trinajstić information content (AvgIpc) is 1.76. The Morgan fingerprint density at radius 1 is 1.00 bits per heavy atom. The molecule has 0 saturated heterocycles. The zero-order valence-corrected chi connectivity index (χ0v) is 7.04. The normalized spacial score (nSPS) is 6.67. The molecular weight excluding hydrogens is 203 g/mol. The quantitative estimate of drug-likeness (QED) is 0.608. The molecule has 0 bridgehead atoms. The van der Waals surface area contributed by atoms with Crippen molar-refractivity contribution >= 4 is 0 Å². The molecule has 0 saturated carbocycles. The third kappa shape index (κ3) is 1.94. The van der Waals surface area contributed by atoms with Crippen molar-refractivity contribution in [1.82, 2.24) is 4.98 Å². The fourth-order valence-corrected chi connectivity index (χ4v) is 0.248. The summed E-state index contributed by atoms with van der Waals surface area (Å²) in [5, 5.41) is 0. The summed E-state index contributed by atoms with van der Waals surface area (Å²) >= 11 is 0. The van der Waals surface area contributed by atoms with Crippen LogP contribution in [0, 0.1) is 41.3 Å². The Morgan fingerprint density at radius 2 is 1.50 bits per heavy atom. The summed E-state index contributed by atoms with van der Waals surface area (Å²) in [7, 11) is 0. The van der Waals surface area contributed by atoms with E-state index in [0.29, 0.717) is 0 Å². The smallest absolute Gasteiger partial charge is 0 e. The van der Waals surface area contributed by atoms with Crippen LogP contribution in [0.3, 0.4) is 0 Å². The third-order valence-corrected chi connectivity index (χ3v) is 0.455. The minimum Gasteiger partial charge on any atom is -0.670 e. The van der Waals surface area contributed by atoms with Gasteiger partial charge in [-0.25, -0.2) is 0 Å². The van der Waals surface area contributed by atoms with Gasteiger partial charge in [-0.05, 0) is 0 Å². The Kier molecular flexibility index (Phi) is 4.23. The molecule has 1 heterocycles. The van der Waals surface area contributed by atoms with Crippen molar-refractivity contribution in [3.63, 3.8) is 0 Å². The van der Waals surface area contributed by atoms with Crippen molar-refractivity contribution < 1.29 is 41.3 Å². The molecule has 0 N–H and O–H groups in total. The van der Waals surface area contributed by atoms with E-state index in [1.807, 2.05) is 12.1 Å². The molecule has 0 spiro atoms. The van der Waals surface area contributed by atoms with E-state index >= 15 is 0 Å².